The molecule has 0 bridgehead atoms. The highest BCUT2D eigenvalue weighted by atomic mass is 31.2. The van der Waals surface area contributed by atoms with E-state index in [0.29, 0.717) is 12.8 Å². The van der Waals surface area contributed by atoms with Crippen LogP contribution in [-0.2, 0) is 28.2 Å². The first kappa shape index (κ1) is 41.8. The molecular weight excluding hydrogens is 579 g/mol. The van der Waals surface area contributed by atoms with E-state index in [-0.39, 0.29) is 19.4 Å². The Morgan fingerprint density at radius 2 is 1.09 bits per heavy atom. The van der Waals surface area contributed by atoms with Gasteiger partial charge < -0.3 is 19.3 Å². The Hall–Kier alpha value is -2.25. The van der Waals surface area contributed by atoms with Crippen LogP contribution < -0.4 is 0 Å². The summed E-state index contributed by atoms with van der Waals surface area (Å²) in [5.41, 5.74) is 0. The van der Waals surface area contributed by atoms with Gasteiger partial charge in [0.2, 0.25) is 0 Å². The lowest BCUT2D eigenvalue weighted by molar-refractivity contribution is -0.161. The summed E-state index contributed by atoms with van der Waals surface area (Å²) in [6.07, 6.45) is 36.6. The molecule has 0 aliphatic rings. The predicted octanol–water partition coefficient (Wildman–Crippen LogP) is 9.39. The Morgan fingerprint density at radius 1 is 0.614 bits per heavy atom. The first-order valence-corrected chi connectivity index (χ1v) is 18.1. The zero-order chi connectivity index (χ0) is 32.6. The lowest BCUT2D eigenvalue weighted by Crippen LogP contribution is -2.29. The molecule has 0 aromatic heterocycles. The molecule has 1 unspecified atom stereocenters. The Morgan fingerprint density at radius 3 is 1.70 bits per heavy atom. The van der Waals surface area contributed by atoms with Crippen molar-refractivity contribution in [1.29, 1.82) is 0 Å². The van der Waals surface area contributed by atoms with Gasteiger partial charge in [-0.3, -0.25) is 14.1 Å². The predicted molar refractivity (Wildman–Crippen MR) is 179 cm³/mol. The van der Waals surface area contributed by atoms with Crippen LogP contribution >= 0.6 is 7.82 Å². The molecule has 0 rings (SSSR count). The number of carbonyl (C=O) groups is 2. The topological polar surface area (TPSA) is 119 Å². The molecule has 2 N–H and O–H groups in total. The number of hydrogen-bond acceptors (Lipinski definition) is 6. The number of ether oxygens (including phenoxy) is 2. The minimum Gasteiger partial charge on any atom is -0.462 e. The summed E-state index contributed by atoms with van der Waals surface area (Å²) in [4.78, 5) is 42.5. The lowest BCUT2D eigenvalue weighted by atomic mass is 10.1. The normalized spacial score (nSPS) is 13.3. The fraction of sp³-hybridized carbons (Fsp3) is 0.657. The van der Waals surface area contributed by atoms with Crippen LogP contribution in [0.1, 0.15) is 129 Å². The van der Waals surface area contributed by atoms with Crippen molar-refractivity contribution in [3.8, 4) is 0 Å². The summed E-state index contributed by atoms with van der Waals surface area (Å²) in [6, 6.07) is 0. The van der Waals surface area contributed by atoms with Gasteiger partial charge in [0.1, 0.15) is 6.61 Å². The van der Waals surface area contributed by atoms with Gasteiger partial charge in [0.05, 0.1) is 6.61 Å². The summed E-state index contributed by atoms with van der Waals surface area (Å²) < 4.78 is 26.1. The summed E-state index contributed by atoms with van der Waals surface area (Å²) in [5.74, 6) is -0.954. The molecule has 0 saturated carbocycles. The number of rotatable bonds is 29. The molecule has 9 heteroatoms. The Labute approximate surface area is 267 Å². The SMILES string of the molecule is CC/C=C\C/C=C\C/C=C\C/C=C\CCCCC(=O)OC(COC(=O)CCCCCCC/C=C\CCCC)COP(=O)(O)O. The number of phosphoric ester groups is 1. The molecule has 0 aromatic carbocycles. The average molecular weight is 639 g/mol. The Balaban J connectivity index is 4.14. The molecule has 0 aliphatic carbocycles. The van der Waals surface area contributed by atoms with Crippen molar-refractivity contribution in [2.75, 3.05) is 13.2 Å². The highest BCUT2D eigenvalue weighted by molar-refractivity contribution is 7.46. The van der Waals surface area contributed by atoms with Gasteiger partial charge in [-0.1, -0.05) is 107 Å². The second kappa shape index (κ2) is 30.8. The van der Waals surface area contributed by atoms with Crippen LogP contribution in [0, 0.1) is 0 Å². The van der Waals surface area contributed by atoms with Gasteiger partial charge in [-0.15, -0.1) is 0 Å². The fourth-order valence-electron chi connectivity index (χ4n) is 4.05. The molecule has 0 spiro atoms. The van der Waals surface area contributed by atoms with E-state index < -0.39 is 32.5 Å². The van der Waals surface area contributed by atoms with Crippen molar-refractivity contribution < 1.29 is 37.9 Å². The van der Waals surface area contributed by atoms with Crippen molar-refractivity contribution in [1.82, 2.24) is 0 Å². The van der Waals surface area contributed by atoms with Gasteiger partial charge in [-0.05, 0) is 70.6 Å². The molecule has 0 aromatic rings. The number of allylic oxidation sites excluding steroid dienone is 10. The highest BCUT2D eigenvalue weighted by Crippen LogP contribution is 2.35. The fourth-order valence-corrected chi connectivity index (χ4v) is 4.41. The van der Waals surface area contributed by atoms with E-state index in [0.717, 1.165) is 77.0 Å². The zero-order valence-electron chi connectivity index (χ0n) is 27.3. The van der Waals surface area contributed by atoms with Crippen LogP contribution in [0.25, 0.3) is 0 Å². The number of esters is 2. The third-order valence-electron chi connectivity index (χ3n) is 6.52. The van der Waals surface area contributed by atoms with Crippen molar-refractivity contribution in [3.63, 3.8) is 0 Å². The van der Waals surface area contributed by atoms with Gasteiger partial charge in [0.15, 0.2) is 6.10 Å². The maximum Gasteiger partial charge on any atom is 0.469 e. The molecule has 0 saturated heterocycles. The minimum atomic E-state index is -4.76. The summed E-state index contributed by atoms with van der Waals surface area (Å²) in [7, 11) is -4.76. The van der Waals surface area contributed by atoms with Crippen LogP contribution in [-0.4, -0.2) is 41.0 Å². The molecule has 0 heterocycles. The van der Waals surface area contributed by atoms with Gasteiger partial charge in [0.25, 0.3) is 0 Å². The van der Waals surface area contributed by atoms with E-state index in [1.807, 2.05) is 0 Å². The lowest BCUT2D eigenvalue weighted by Gasteiger charge is -2.18. The zero-order valence-corrected chi connectivity index (χ0v) is 28.2. The van der Waals surface area contributed by atoms with Gasteiger partial charge in [-0.2, -0.15) is 0 Å². The molecule has 0 amide bonds. The number of phosphoric acid groups is 1. The molecule has 0 aliphatic heterocycles. The van der Waals surface area contributed by atoms with E-state index in [4.69, 9.17) is 19.3 Å². The van der Waals surface area contributed by atoms with E-state index in [9.17, 15) is 14.2 Å². The second-order valence-electron chi connectivity index (χ2n) is 10.7. The van der Waals surface area contributed by atoms with E-state index in [1.54, 1.807) is 0 Å². The molecule has 252 valence electrons. The van der Waals surface area contributed by atoms with Crippen molar-refractivity contribution in [3.05, 3.63) is 60.8 Å². The number of hydrogen-bond donors (Lipinski definition) is 2. The van der Waals surface area contributed by atoms with Crippen molar-refractivity contribution in [2.24, 2.45) is 0 Å². The maximum atomic E-state index is 12.3. The van der Waals surface area contributed by atoms with Crippen LogP contribution in [0.15, 0.2) is 60.8 Å². The molecule has 0 radical (unpaired) electrons. The number of carbonyl (C=O) groups excluding carboxylic acids is 2. The second-order valence-corrected chi connectivity index (χ2v) is 12.0. The molecule has 44 heavy (non-hydrogen) atoms. The van der Waals surface area contributed by atoms with Gasteiger partial charge in [0, 0.05) is 12.8 Å². The van der Waals surface area contributed by atoms with Gasteiger partial charge in [-0.25, -0.2) is 4.57 Å². The minimum absolute atomic E-state index is 0.155. The van der Waals surface area contributed by atoms with Crippen molar-refractivity contribution in [2.45, 2.75) is 136 Å². The van der Waals surface area contributed by atoms with Crippen molar-refractivity contribution >= 4 is 19.8 Å². The van der Waals surface area contributed by atoms with E-state index >= 15 is 0 Å². The standard InChI is InChI=1S/C35H59O8P/c1-3-5-7-9-11-13-15-16-17-18-20-22-24-26-28-30-35(37)43-33(32-42-44(38,39)40)31-41-34(36)29-27-25-23-21-19-14-12-10-8-6-4-2/h5,7,10-13,16-17,20,22,33H,3-4,6,8-9,14-15,18-19,21,23-32H2,1-2H3,(H2,38,39,40)/b7-5-,12-10-,13-11-,17-16-,22-20-. The molecule has 0 fully saturated rings. The summed E-state index contributed by atoms with van der Waals surface area (Å²) >= 11 is 0. The van der Waals surface area contributed by atoms with Crippen LogP contribution in [0.4, 0.5) is 0 Å². The third-order valence-corrected chi connectivity index (χ3v) is 7.01. The summed E-state index contributed by atoms with van der Waals surface area (Å²) in [6.45, 7) is 3.45. The van der Waals surface area contributed by atoms with Gasteiger partial charge >= 0.3 is 19.8 Å². The molecule has 8 nitrogen and oxygen atoms in total. The number of unbranched alkanes of at least 4 members (excludes halogenated alkanes) is 9. The van der Waals surface area contributed by atoms with E-state index in [1.165, 1.54) is 12.8 Å². The smallest absolute Gasteiger partial charge is 0.462 e. The largest absolute Gasteiger partial charge is 0.469 e. The van der Waals surface area contributed by atoms with Crippen LogP contribution in [0.5, 0.6) is 0 Å². The third kappa shape index (κ3) is 32.7. The van der Waals surface area contributed by atoms with Crippen LogP contribution in [0.2, 0.25) is 0 Å². The Kier molecular flexibility index (Phi) is 29.2. The quantitative estimate of drug-likeness (QED) is 0.0360. The highest BCUT2D eigenvalue weighted by Gasteiger charge is 2.22. The molecular formula is C35H59O8P. The Bertz CT molecular complexity index is 900. The maximum absolute atomic E-state index is 12.3. The first-order chi connectivity index (χ1) is 21.3. The monoisotopic (exact) mass is 638 g/mol. The summed E-state index contributed by atoms with van der Waals surface area (Å²) in [5, 5.41) is 0. The first-order valence-electron chi connectivity index (χ1n) is 16.6. The van der Waals surface area contributed by atoms with Crippen LogP contribution in [0.3, 0.4) is 0 Å². The van der Waals surface area contributed by atoms with E-state index in [2.05, 4.69) is 79.1 Å². The molecule has 1 atom stereocenters. The average Bonchev–Trinajstić information content (AvgIpc) is 2.98.